The third-order valence-corrected chi connectivity index (χ3v) is 8.05. The number of carbonyl (C=O) groups is 1. The van der Waals surface area contributed by atoms with Crippen LogP contribution in [0, 0.1) is 5.92 Å². The maximum atomic E-state index is 13.3. The highest BCUT2D eigenvalue weighted by atomic mass is 35.5. The standard InChI is InChI=1S/C25H20Cl2N8O2/c26-16-7-12(13-3-6-19-32-30-11-34(19)9-13)1-4-15(16)25(36)31-21-14-2-5-18(21)35(10-14)24-22-20(17(27)8-29-24)23(28)33-37-22/h1,3-4,6-9,11,14,18,21H,2,5,10H2,(H2,28,33)(H,31,36)/t14-,18-,21+/m0/s1. The number of hydrogen-bond donors (Lipinski definition) is 2. The third kappa shape index (κ3) is 3.51. The van der Waals surface area contributed by atoms with Crippen molar-refractivity contribution in [3.05, 3.63) is 64.7 Å². The predicted molar refractivity (Wildman–Crippen MR) is 140 cm³/mol. The van der Waals surface area contributed by atoms with E-state index in [1.807, 2.05) is 28.8 Å². The SMILES string of the molecule is Nc1noc2c(N3C[C@@H]4CC[C@H]3[C@@H]4NC(=O)c3ccc(-c4ccc5nncn5c4)cc3Cl)ncc(Cl)c12. The highest BCUT2D eigenvalue weighted by Gasteiger charge is 2.49. The van der Waals surface area contributed by atoms with Crippen molar-refractivity contribution in [2.24, 2.45) is 5.92 Å². The molecular formula is C25H20Cl2N8O2. The average molecular weight is 535 g/mol. The van der Waals surface area contributed by atoms with Gasteiger partial charge in [0.25, 0.3) is 5.91 Å². The minimum atomic E-state index is -0.201. The molecule has 7 rings (SSSR count). The predicted octanol–water partition coefficient (Wildman–Crippen LogP) is 4.22. The molecule has 2 aliphatic rings. The molecule has 12 heteroatoms. The summed E-state index contributed by atoms with van der Waals surface area (Å²) in [5.41, 5.74) is 9.44. The van der Waals surface area contributed by atoms with Crippen LogP contribution in [0.4, 0.5) is 11.6 Å². The van der Waals surface area contributed by atoms with E-state index < -0.39 is 0 Å². The summed E-state index contributed by atoms with van der Waals surface area (Å²) < 4.78 is 7.31. The van der Waals surface area contributed by atoms with Crippen LogP contribution < -0.4 is 16.0 Å². The lowest BCUT2D eigenvalue weighted by atomic mass is 10.0. The number of pyridine rings is 2. The molecule has 0 radical (unpaired) electrons. The minimum absolute atomic E-state index is 0.0489. The Morgan fingerprint density at radius 1 is 1.14 bits per heavy atom. The molecule has 3 N–H and O–H groups in total. The molecule has 1 saturated heterocycles. The summed E-state index contributed by atoms with van der Waals surface area (Å²) in [6.07, 6.45) is 7.07. The Bertz CT molecular complexity index is 1700. The number of rotatable bonds is 4. The number of carbonyl (C=O) groups excluding carboxylic acids is 1. The first-order chi connectivity index (χ1) is 18.0. The highest BCUT2D eigenvalue weighted by Crippen LogP contribution is 2.43. The summed E-state index contributed by atoms with van der Waals surface area (Å²) in [6.45, 7) is 0.734. The number of amides is 1. The fourth-order valence-electron chi connectivity index (χ4n) is 5.70. The normalized spacial score (nSPS) is 20.8. The first-order valence-electron chi connectivity index (χ1n) is 11.8. The van der Waals surface area contributed by atoms with Crippen molar-refractivity contribution in [1.82, 2.24) is 30.1 Å². The van der Waals surface area contributed by atoms with Crippen molar-refractivity contribution in [3.8, 4) is 11.1 Å². The Morgan fingerprint density at radius 2 is 2.00 bits per heavy atom. The van der Waals surface area contributed by atoms with Crippen LogP contribution in [0.5, 0.6) is 0 Å². The number of halogens is 2. The fourth-order valence-corrected chi connectivity index (χ4v) is 6.19. The number of anilines is 2. The van der Waals surface area contributed by atoms with Gasteiger partial charge in [-0.15, -0.1) is 10.2 Å². The molecule has 10 nitrogen and oxygen atoms in total. The van der Waals surface area contributed by atoms with Gasteiger partial charge in [-0.3, -0.25) is 9.20 Å². The maximum absolute atomic E-state index is 13.3. The van der Waals surface area contributed by atoms with Crippen LogP contribution in [0.1, 0.15) is 23.2 Å². The summed E-state index contributed by atoms with van der Waals surface area (Å²) in [5, 5.41) is 16.4. The van der Waals surface area contributed by atoms with Gasteiger partial charge in [-0.2, -0.15) is 0 Å². The maximum Gasteiger partial charge on any atom is 0.253 e. The zero-order chi connectivity index (χ0) is 25.3. The van der Waals surface area contributed by atoms with Gasteiger partial charge in [0, 0.05) is 18.9 Å². The molecule has 1 saturated carbocycles. The van der Waals surface area contributed by atoms with E-state index in [1.54, 1.807) is 24.7 Å². The van der Waals surface area contributed by atoms with Crippen molar-refractivity contribution in [1.29, 1.82) is 0 Å². The minimum Gasteiger partial charge on any atom is -0.380 e. The number of nitrogens with zero attached hydrogens (tertiary/aromatic N) is 6. The number of nitrogens with one attached hydrogen (secondary N) is 1. The van der Waals surface area contributed by atoms with Crippen molar-refractivity contribution in [3.63, 3.8) is 0 Å². The van der Waals surface area contributed by atoms with E-state index in [0.29, 0.717) is 32.4 Å². The second kappa shape index (κ2) is 8.32. The fraction of sp³-hybridized carbons (Fsp3) is 0.240. The molecule has 2 fully saturated rings. The van der Waals surface area contributed by atoms with E-state index in [9.17, 15) is 4.79 Å². The molecule has 5 aromatic rings. The van der Waals surface area contributed by atoms with E-state index in [-0.39, 0.29) is 29.7 Å². The van der Waals surface area contributed by atoms with E-state index >= 15 is 0 Å². The highest BCUT2D eigenvalue weighted by molar-refractivity contribution is 6.36. The number of nitrogen functional groups attached to an aromatic ring is 1. The summed E-state index contributed by atoms with van der Waals surface area (Å²) in [5.74, 6) is 0.947. The quantitative estimate of drug-likeness (QED) is 0.350. The van der Waals surface area contributed by atoms with Gasteiger partial charge in [0.2, 0.25) is 5.58 Å². The van der Waals surface area contributed by atoms with E-state index in [2.05, 4.69) is 30.6 Å². The van der Waals surface area contributed by atoms with E-state index in [4.69, 9.17) is 33.5 Å². The van der Waals surface area contributed by atoms with Crippen molar-refractivity contribution in [2.75, 3.05) is 17.2 Å². The van der Waals surface area contributed by atoms with Crippen LogP contribution in [-0.2, 0) is 0 Å². The molecule has 1 aromatic carbocycles. The Kier molecular flexibility index (Phi) is 5.02. The first-order valence-corrected chi connectivity index (χ1v) is 12.6. The van der Waals surface area contributed by atoms with Crippen LogP contribution >= 0.6 is 23.2 Å². The van der Waals surface area contributed by atoms with Gasteiger partial charge in [-0.1, -0.05) is 34.4 Å². The molecule has 5 heterocycles. The van der Waals surface area contributed by atoms with E-state index in [1.165, 1.54) is 0 Å². The number of nitrogens with two attached hydrogens (primary N) is 1. The lowest BCUT2D eigenvalue weighted by molar-refractivity contribution is 0.0932. The number of hydrogen-bond acceptors (Lipinski definition) is 8. The smallest absolute Gasteiger partial charge is 0.253 e. The van der Waals surface area contributed by atoms with Gasteiger partial charge in [0.1, 0.15) is 6.33 Å². The van der Waals surface area contributed by atoms with Crippen LogP contribution in [0.25, 0.3) is 27.7 Å². The van der Waals surface area contributed by atoms with Crippen LogP contribution in [-0.4, -0.2) is 49.3 Å². The molecule has 0 unspecified atom stereocenters. The van der Waals surface area contributed by atoms with Gasteiger partial charge < -0.3 is 20.5 Å². The molecule has 4 aromatic heterocycles. The Morgan fingerprint density at radius 3 is 2.86 bits per heavy atom. The summed E-state index contributed by atoms with van der Waals surface area (Å²) in [4.78, 5) is 20.0. The molecule has 2 bridgehead atoms. The van der Waals surface area contributed by atoms with Gasteiger partial charge in [-0.25, -0.2) is 4.98 Å². The molecule has 3 atom stereocenters. The zero-order valence-electron chi connectivity index (χ0n) is 19.3. The Balaban J connectivity index is 1.13. The van der Waals surface area contributed by atoms with E-state index in [0.717, 1.165) is 36.2 Å². The van der Waals surface area contributed by atoms with Crippen LogP contribution in [0.15, 0.2) is 53.6 Å². The van der Waals surface area contributed by atoms with Crippen molar-refractivity contribution >= 4 is 57.4 Å². The largest absolute Gasteiger partial charge is 0.380 e. The molecule has 0 spiro atoms. The van der Waals surface area contributed by atoms with Crippen molar-refractivity contribution in [2.45, 2.75) is 24.9 Å². The van der Waals surface area contributed by atoms with Gasteiger partial charge >= 0.3 is 0 Å². The third-order valence-electron chi connectivity index (χ3n) is 7.46. The first kappa shape index (κ1) is 22.3. The second-order valence-corrected chi connectivity index (χ2v) is 10.3. The Labute approximate surface area is 220 Å². The molecule has 1 amide bonds. The number of benzene rings is 1. The number of aromatic nitrogens is 5. The van der Waals surface area contributed by atoms with Crippen LogP contribution in [0.2, 0.25) is 10.0 Å². The molecular weight excluding hydrogens is 515 g/mol. The van der Waals surface area contributed by atoms with Gasteiger partial charge in [0.05, 0.1) is 33.1 Å². The monoisotopic (exact) mass is 534 g/mol. The number of piperidine rings is 1. The number of fused-ring (bicyclic) bond motifs is 4. The Hall–Kier alpha value is -3.89. The second-order valence-electron chi connectivity index (χ2n) is 9.47. The molecule has 186 valence electrons. The zero-order valence-corrected chi connectivity index (χ0v) is 20.8. The molecule has 1 aliphatic carbocycles. The topological polar surface area (TPSA) is 127 Å². The lowest BCUT2D eigenvalue weighted by Gasteiger charge is -2.28. The summed E-state index contributed by atoms with van der Waals surface area (Å²) >= 11 is 12.9. The van der Waals surface area contributed by atoms with Crippen LogP contribution in [0.3, 0.4) is 0 Å². The lowest BCUT2D eigenvalue weighted by Crippen LogP contribution is -2.44. The average Bonchev–Trinajstić information content (AvgIpc) is 3.68. The summed E-state index contributed by atoms with van der Waals surface area (Å²) in [7, 11) is 0. The molecule has 1 aliphatic heterocycles. The summed E-state index contributed by atoms with van der Waals surface area (Å²) in [6, 6.07) is 9.31. The van der Waals surface area contributed by atoms with Gasteiger partial charge in [0.15, 0.2) is 17.3 Å². The van der Waals surface area contributed by atoms with Gasteiger partial charge in [-0.05, 0) is 54.2 Å². The molecule has 37 heavy (non-hydrogen) atoms. The van der Waals surface area contributed by atoms with Crippen molar-refractivity contribution < 1.29 is 9.32 Å².